The third-order valence-electron chi connectivity index (χ3n) is 2.97. The van der Waals surface area contributed by atoms with Gasteiger partial charge in [-0.25, -0.2) is 0 Å². The van der Waals surface area contributed by atoms with Gasteiger partial charge < -0.3 is 14.8 Å². The van der Waals surface area contributed by atoms with Crippen molar-refractivity contribution in [2.75, 3.05) is 0 Å². The van der Waals surface area contributed by atoms with Crippen molar-refractivity contribution in [1.29, 1.82) is 0 Å². The molecule has 21 heavy (non-hydrogen) atoms. The van der Waals surface area contributed by atoms with Gasteiger partial charge in [0.2, 0.25) is 0 Å². The summed E-state index contributed by atoms with van der Waals surface area (Å²) in [6, 6.07) is 9.27. The Bertz CT molecular complexity index is 701. The first-order valence-electron chi connectivity index (χ1n) is 6.34. The summed E-state index contributed by atoms with van der Waals surface area (Å²) < 4.78 is 4.87. The summed E-state index contributed by atoms with van der Waals surface area (Å²) in [5.41, 5.74) is 0.505. The lowest BCUT2D eigenvalue weighted by Gasteiger charge is -2.05. The Morgan fingerprint density at radius 3 is 2.90 bits per heavy atom. The van der Waals surface area contributed by atoms with E-state index < -0.39 is 6.10 Å². The second kappa shape index (κ2) is 6.26. The van der Waals surface area contributed by atoms with Gasteiger partial charge in [0.25, 0.3) is 5.91 Å². The average molecular weight is 319 g/mol. The van der Waals surface area contributed by atoms with Crippen LogP contribution in [-0.2, 0) is 6.54 Å². The predicted molar refractivity (Wildman–Crippen MR) is 82.6 cm³/mol. The average Bonchev–Trinajstić information content (AvgIpc) is 3.26. The van der Waals surface area contributed by atoms with Crippen molar-refractivity contribution in [2.45, 2.75) is 12.6 Å². The summed E-state index contributed by atoms with van der Waals surface area (Å²) in [6.45, 7) is 0.436. The van der Waals surface area contributed by atoms with E-state index >= 15 is 0 Å². The highest BCUT2D eigenvalue weighted by Gasteiger charge is 2.14. The van der Waals surface area contributed by atoms with Crippen LogP contribution in [0.5, 0.6) is 0 Å². The topological polar surface area (TPSA) is 62.5 Å². The fourth-order valence-corrected chi connectivity index (χ4v) is 3.65. The van der Waals surface area contributed by atoms with Crippen LogP contribution in [0.2, 0.25) is 0 Å². The standard InChI is InChI=1S/C15H13NO3S2/c17-14(12-2-1-7-20-12)13-4-3-11(21-13)8-16-15(18)10-5-6-19-9-10/h1-7,9,14,17H,8H2,(H,16,18)/t14-/m1/s1. The second-order valence-corrected chi connectivity index (χ2v) is 6.60. The Morgan fingerprint density at radius 2 is 2.19 bits per heavy atom. The number of rotatable bonds is 5. The molecule has 3 rings (SSSR count). The maximum absolute atomic E-state index is 11.8. The first kappa shape index (κ1) is 14.1. The fourth-order valence-electron chi connectivity index (χ4n) is 1.89. The summed E-state index contributed by atoms with van der Waals surface area (Å²) in [5.74, 6) is -0.169. The monoisotopic (exact) mass is 319 g/mol. The molecule has 0 aliphatic carbocycles. The van der Waals surface area contributed by atoms with E-state index in [9.17, 15) is 9.90 Å². The highest BCUT2D eigenvalue weighted by Crippen LogP contribution is 2.30. The van der Waals surface area contributed by atoms with Crippen LogP contribution >= 0.6 is 22.7 Å². The number of hydrogen-bond acceptors (Lipinski definition) is 5. The Balaban J connectivity index is 1.62. The number of aliphatic hydroxyl groups excluding tert-OH is 1. The Hall–Kier alpha value is -1.89. The molecule has 0 unspecified atom stereocenters. The normalized spacial score (nSPS) is 12.2. The summed E-state index contributed by atoms with van der Waals surface area (Å²) in [5, 5.41) is 15.0. The van der Waals surface area contributed by atoms with Crippen molar-refractivity contribution < 1.29 is 14.3 Å². The maximum atomic E-state index is 11.8. The van der Waals surface area contributed by atoms with E-state index in [-0.39, 0.29) is 5.91 Å². The lowest BCUT2D eigenvalue weighted by atomic mass is 10.2. The molecule has 0 spiro atoms. The minimum absolute atomic E-state index is 0.169. The minimum Gasteiger partial charge on any atom is -0.472 e. The predicted octanol–water partition coefficient (Wildman–Crippen LogP) is 3.41. The molecule has 1 atom stereocenters. The number of thiophene rings is 2. The molecule has 3 aromatic heterocycles. The van der Waals surface area contributed by atoms with Gasteiger partial charge in [-0.05, 0) is 29.6 Å². The lowest BCUT2D eigenvalue weighted by molar-refractivity contribution is 0.0950. The van der Waals surface area contributed by atoms with E-state index in [1.54, 1.807) is 6.07 Å². The molecule has 0 bridgehead atoms. The minimum atomic E-state index is -0.590. The van der Waals surface area contributed by atoms with Crippen molar-refractivity contribution in [3.05, 3.63) is 68.4 Å². The molecule has 0 aliphatic rings. The van der Waals surface area contributed by atoms with Crippen LogP contribution in [0.3, 0.4) is 0 Å². The largest absolute Gasteiger partial charge is 0.472 e. The van der Waals surface area contributed by atoms with E-state index in [0.717, 1.165) is 14.6 Å². The molecule has 0 fully saturated rings. The van der Waals surface area contributed by atoms with Crippen LogP contribution in [-0.4, -0.2) is 11.0 Å². The molecule has 0 saturated carbocycles. The van der Waals surface area contributed by atoms with Gasteiger partial charge in [0, 0.05) is 14.6 Å². The summed E-state index contributed by atoms with van der Waals surface area (Å²) in [7, 11) is 0. The van der Waals surface area contributed by atoms with Gasteiger partial charge in [-0.1, -0.05) is 6.07 Å². The Morgan fingerprint density at radius 1 is 1.29 bits per heavy atom. The smallest absolute Gasteiger partial charge is 0.254 e. The fraction of sp³-hybridized carbons (Fsp3) is 0.133. The van der Waals surface area contributed by atoms with Crippen LogP contribution in [0, 0.1) is 0 Å². The number of aliphatic hydroxyl groups is 1. The van der Waals surface area contributed by atoms with E-state index in [1.807, 2.05) is 29.6 Å². The van der Waals surface area contributed by atoms with Gasteiger partial charge in [-0.3, -0.25) is 4.79 Å². The number of nitrogens with one attached hydrogen (secondary N) is 1. The Kier molecular flexibility index (Phi) is 4.19. The third-order valence-corrected chi connectivity index (χ3v) is 5.03. The summed E-state index contributed by atoms with van der Waals surface area (Å²) >= 11 is 3.03. The van der Waals surface area contributed by atoms with Crippen molar-refractivity contribution in [3.8, 4) is 0 Å². The van der Waals surface area contributed by atoms with Gasteiger partial charge in [-0.15, -0.1) is 22.7 Å². The molecular formula is C15H13NO3S2. The van der Waals surface area contributed by atoms with E-state index in [4.69, 9.17) is 4.42 Å². The van der Waals surface area contributed by atoms with Crippen LogP contribution in [0.4, 0.5) is 0 Å². The van der Waals surface area contributed by atoms with Crippen LogP contribution in [0.15, 0.2) is 52.7 Å². The van der Waals surface area contributed by atoms with Crippen LogP contribution in [0.25, 0.3) is 0 Å². The van der Waals surface area contributed by atoms with Gasteiger partial charge in [0.15, 0.2) is 0 Å². The van der Waals surface area contributed by atoms with Crippen molar-refractivity contribution in [2.24, 2.45) is 0 Å². The zero-order valence-electron chi connectivity index (χ0n) is 11.0. The zero-order valence-corrected chi connectivity index (χ0v) is 12.6. The zero-order chi connectivity index (χ0) is 14.7. The van der Waals surface area contributed by atoms with Crippen LogP contribution < -0.4 is 5.32 Å². The summed E-state index contributed by atoms with van der Waals surface area (Å²) in [4.78, 5) is 14.6. The molecule has 0 aromatic carbocycles. The molecule has 4 nitrogen and oxygen atoms in total. The van der Waals surface area contributed by atoms with Gasteiger partial charge >= 0.3 is 0 Å². The molecular weight excluding hydrogens is 306 g/mol. The molecule has 3 aromatic rings. The molecule has 2 N–H and O–H groups in total. The SMILES string of the molecule is O=C(NCc1ccc([C@H](O)c2cccs2)s1)c1ccoc1. The quantitative estimate of drug-likeness (QED) is 0.757. The number of carbonyl (C=O) groups excluding carboxylic acids is 1. The molecule has 1 amide bonds. The number of hydrogen-bond donors (Lipinski definition) is 2. The van der Waals surface area contributed by atoms with Gasteiger partial charge in [-0.2, -0.15) is 0 Å². The number of furan rings is 1. The van der Waals surface area contributed by atoms with Crippen LogP contribution in [0.1, 0.15) is 31.1 Å². The highest BCUT2D eigenvalue weighted by atomic mass is 32.1. The molecule has 3 heterocycles. The molecule has 0 aliphatic heterocycles. The van der Waals surface area contributed by atoms with Gasteiger partial charge in [0.1, 0.15) is 12.4 Å². The first-order valence-corrected chi connectivity index (χ1v) is 8.04. The molecule has 0 radical (unpaired) electrons. The molecule has 0 saturated heterocycles. The third kappa shape index (κ3) is 3.24. The van der Waals surface area contributed by atoms with E-state index in [0.29, 0.717) is 12.1 Å². The number of amides is 1. The van der Waals surface area contributed by atoms with Crippen molar-refractivity contribution >= 4 is 28.6 Å². The molecule has 6 heteroatoms. The second-order valence-electron chi connectivity index (χ2n) is 4.42. The van der Waals surface area contributed by atoms with Crippen molar-refractivity contribution in [3.63, 3.8) is 0 Å². The first-order chi connectivity index (χ1) is 10.2. The lowest BCUT2D eigenvalue weighted by Crippen LogP contribution is -2.21. The summed E-state index contributed by atoms with van der Waals surface area (Å²) in [6.07, 6.45) is 2.29. The Labute approximate surface area is 129 Å². The van der Waals surface area contributed by atoms with E-state index in [1.165, 1.54) is 35.2 Å². The van der Waals surface area contributed by atoms with Crippen molar-refractivity contribution in [1.82, 2.24) is 5.32 Å². The highest BCUT2D eigenvalue weighted by molar-refractivity contribution is 7.12. The maximum Gasteiger partial charge on any atom is 0.254 e. The molecule has 108 valence electrons. The van der Waals surface area contributed by atoms with E-state index in [2.05, 4.69) is 5.32 Å². The number of carbonyl (C=O) groups is 1. The van der Waals surface area contributed by atoms with Gasteiger partial charge in [0.05, 0.1) is 18.4 Å².